The molecule has 1 aliphatic carbocycles. The van der Waals surface area contributed by atoms with Gasteiger partial charge in [0.2, 0.25) is 5.13 Å². The van der Waals surface area contributed by atoms with Crippen molar-refractivity contribution in [2.24, 2.45) is 0 Å². The number of rotatable bonds is 9. The first kappa shape index (κ1) is 23.0. The zero-order valence-corrected chi connectivity index (χ0v) is 18.6. The average molecular weight is 464 g/mol. The van der Waals surface area contributed by atoms with E-state index >= 15 is 0 Å². The molecule has 1 aromatic carbocycles. The van der Waals surface area contributed by atoms with Crippen molar-refractivity contribution in [3.05, 3.63) is 35.9 Å². The van der Waals surface area contributed by atoms with Gasteiger partial charge in [-0.3, -0.25) is 14.9 Å². The number of hydrogen-bond acceptors (Lipinski definition) is 9. The number of anilines is 1. The third kappa shape index (κ3) is 8.54. The summed E-state index contributed by atoms with van der Waals surface area (Å²) in [5.74, 6) is -1.26. The Bertz CT molecular complexity index is 871. The fraction of sp³-hybridized carbons (Fsp3) is 0.450. The molecule has 0 unspecified atom stereocenters. The van der Waals surface area contributed by atoms with E-state index in [1.165, 1.54) is 42.4 Å². The van der Waals surface area contributed by atoms with E-state index in [4.69, 9.17) is 4.74 Å². The molecule has 31 heavy (non-hydrogen) atoms. The molecule has 3 rings (SSSR count). The van der Waals surface area contributed by atoms with Crippen molar-refractivity contribution in [1.29, 1.82) is 0 Å². The molecule has 3 N–H and O–H groups in total. The number of esters is 1. The van der Waals surface area contributed by atoms with Crippen LogP contribution in [0, 0.1) is 0 Å². The summed E-state index contributed by atoms with van der Waals surface area (Å²) in [6.45, 7) is -0.238. The molecule has 1 aliphatic rings. The highest BCUT2D eigenvalue weighted by Gasteiger charge is 2.16. The number of nitrogens with one attached hydrogen (secondary N) is 3. The first-order chi connectivity index (χ1) is 15.1. The van der Waals surface area contributed by atoms with E-state index in [0.717, 1.165) is 23.5 Å². The van der Waals surface area contributed by atoms with Gasteiger partial charge in [-0.25, -0.2) is 4.79 Å². The molecule has 11 heteroatoms. The maximum absolute atomic E-state index is 11.9. The van der Waals surface area contributed by atoms with Crippen molar-refractivity contribution >= 4 is 46.1 Å². The van der Waals surface area contributed by atoms with Crippen LogP contribution in [-0.4, -0.2) is 46.5 Å². The summed E-state index contributed by atoms with van der Waals surface area (Å²) < 4.78 is 5.56. The number of thioether (sulfide) groups is 1. The van der Waals surface area contributed by atoms with Gasteiger partial charge in [-0.2, -0.15) is 0 Å². The largest absolute Gasteiger partial charge is 0.455 e. The molecule has 3 amide bonds. The van der Waals surface area contributed by atoms with Gasteiger partial charge in [0.1, 0.15) is 0 Å². The van der Waals surface area contributed by atoms with Gasteiger partial charge in [0.15, 0.2) is 10.9 Å². The van der Waals surface area contributed by atoms with Crippen LogP contribution in [0.5, 0.6) is 0 Å². The van der Waals surface area contributed by atoms with E-state index < -0.39 is 24.5 Å². The van der Waals surface area contributed by atoms with Crippen LogP contribution in [0.2, 0.25) is 0 Å². The Balaban J connectivity index is 1.29. The van der Waals surface area contributed by atoms with Gasteiger partial charge in [-0.15, -0.1) is 10.2 Å². The third-order valence-electron chi connectivity index (χ3n) is 4.57. The van der Waals surface area contributed by atoms with Gasteiger partial charge in [-0.05, 0) is 18.4 Å². The first-order valence-electron chi connectivity index (χ1n) is 10.1. The van der Waals surface area contributed by atoms with Gasteiger partial charge in [0.05, 0.1) is 5.75 Å². The normalized spacial score (nSPS) is 13.9. The monoisotopic (exact) mass is 463 g/mol. The maximum Gasteiger partial charge on any atom is 0.321 e. The molecular weight excluding hydrogens is 438 g/mol. The topological polar surface area (TPSA) is 122 Å². The molecule has 0 bridgehead atoms. The predicted molar refractivity (Wildman–Crippen MR) is 119 cm³/mol. The molecule has 0 aliphatic heterocycles. The van der Waals surface area contributed by atoms with Crippen molar-refractivity contribution in [1.82, 2.24) is 20.8 Å². The van der Waals surface area contributed by atoms with E-state index in [9.17, 15) is 14.4 Å². The van der Waals surface area contributed by atoms with Crippen LogP contribution in [-0.2, 0) is 20.9 Å². The minimum absolute atomic E-state index is 0.00550. The second-order valence-electron chi connectivity index (χ2n) is 7.02. The molecule has 166 valence electrons. The molecule has 1 fully saturated rings. The van der Waals surface area contributed by atoms with Crippen LogP contribution in [0.15, 0.2) is 34.7 Å². The first-order valence-corrected chi connectivity index (χ1v) is 11.9. The number of urea groups is 1. The number of carbonyl (C=O) groups is 3. The van der Waals surface area contributed by atoms with Crippen molar-refractivity contribution in [2.45, 2.75) is 49.0 Å². The molecular formula is C20H25N5O4S2. The summed E-state index contributed by atoms with van der Waals surface area (Å²) >= 11 is 2.60. The molecule has 2 aromatic rings. The van der Waals surface area contributed by atoms with Crippen LogP contribution in [0.4, 0.5) is 9.93 Å². The number of aromatic nitrogens is 2. The minimum atomic E-state index is -0.696. The average Bonchev–Trinajstić information content (AvgIpc) is 3.23. The van der Waals surface area contributed by atoms with Crippen LogP contribution in [0.1, 0.15) is 37.7 Å². The van der Waals surface area contributed by atoms with Crippen LogP contribution in [0.3, 0.4) is 0 Å². The van der Waals surface area contributed by atoms with Crippen molar-refractivity contribution in [2.75, 3.05) is 17.7 Å². The van der Waals surface area contributed by atoms with Crippen molar-refractivity contribution in [3.8, 4) is 0 Å². The van der Waals surface area contributed by atoms with Crippen molar-refractivity contribution in [3.63, 3.8) is 0 Å². The molecule has 1 heterocycles. The highest BCUT2D eigenvalue weighted by atomic mass is 32.2. The second kappa shape index (κ2) is 12.3. The third-order valence-corrected chi connectivity index (χ3v) is 6.53. The number of imide groups is 1. The van der Waals surface area contributed by atoms with E-state index in [1.54, 1.807) is 0 Å². The van der Waals surface area contributed by atoms with Gasteiger partial charge in [-0.1, -0.05) is 72.7 Å². The van der Waals surface area contributed by atoms with Crippen LogP contribution in [0.25, 0.3) is 0 Å². The summed E-state index contributed by atoms with van der Waals surface area (Å²) in [4.78, 5) is 35.3. The SMILES string of the molecule is O=C(COC(=O)CSc1nnc(NC2CCCCC2)s1)NC(=O)NCc1ccccc1. The number of amides is 3. The quantitative estimate of drug-likeness (QED) is 0.383. The van der Waals surface area contributed by atoms with Gasteiger partial charge in [0, 0.05) is 12.6 Å². The zero-order chi connectivity index (χ0) is 21.9. The number of ether oxygens (including phenoxy) is 1. The summed E-state index contributed by atoms with van der Waals surface area (Å²) in [6, 6.07) is 9.08. The van der Waals surface area contributed by atoms with Gasteiger partial charge >= 0.3 is 12.0 Å². The van der Waals surface area contributed by atoms with Crippen LogP contribution < -0.4 is 16.0 Å². The zero-order valence-electron chi connectivity index (χ0n) is 17.0. The Morgan fingerprint density at radius 3 is 2.65 bits per heavy atom. The number of carbonyl (C=O) groups excluding carboxylic acids is 3. The molecule has 0 radical (unpaired) electrons. The van der Waals surface area contributed by atoms with E-state index in [-0.39, 0.29) is 12.3 Å². The molecule has 0 spiro atoms. The summed E-state index contributed by atoms with van der Waals surface area (Å²) in [7, 11) is 0. The lowest BCUT2D eigenvalue weighted by Gasteiger charge is -2.21. The molecule has 1 saturated carbocycles. The summed E-state index contributed by atoms with van der Waals surface area (Å²) in [5.41, 5.74) is 0.905. The van der Waals surface area contributed by atoms with Gasteiger partial charge in [0.25, 0.3) is 5.91 Å². The summed E-state index contributed by atoms with van der Waals surface area (Å²) in [6.07, 6.45) is 6.02. The van der Waals surface area contributed by atoms with Crippen molar-refractivity contribution < 1.29 is 19.1 Å². The highest BCUT2D eigenvalue weighted by Crippen LogP contribution is 2.28. The second-order valence-corrected chi connectivity index (χ2v) is 9.22. The number of benzene rings is 1. The lowest BCUT2D eigenvalue weighted by molar-refractivity contribution is -0.145. The minimum Gasteiger partial charge on any atom is -0.455 e. The van der Waals surface area contributed by atoms with E-state index in [0.29, 0.717) is 10.4 Å². The highest BCUT2D eigenvalue weighted by molar-refractivity contribution is 8.01. The Kier molecular flexibility index (Phi) is 9.10. The van der Waals surface area contributed by atoms with Gasteiger partial charge < -0.3 is 15.4 Å². The molecule has 0 saturated heterocycles. The Morgan fingerprint density at radius 2 is 1.87 bits per heavy atom. The lowest BCUT2D eigenvalue weighted by atomic mass is 9.96. The number of hydrogen-bond donors (Lipinski definition) is 3. The molecule has 1 aromatic heterocycles. The molecule has 9 nitrogen and oxygen atoms in total. The fourth-order valence-electron chi connectivity index (χ4n) is 3.04. The Hall–Kier alpha value is -2.66. The molecule has 0 atom stereocenters. The Labute approximate surface area is 188 Å². The maximum atomic E-state index is 11.9. The number of nitrogens with zero attached hydrogens (tertiary/aromatic N) is 2. The van der Waals surface area contributed by atoms with E-state index in [2.05, 4.69) is 26.1 Å². The Morgan fingerprint density at radius 1 is 1.10 bits per heavy atom. The van der Waals surface area contributed by atoms with Crippen LogP contribution >= 0.6 is 23.1 Å². The lowest BCUT2D eigenvalue weighted by Crippen LogP contribution is -2.41. The summed E-state index contributed by atoms with van der Waals surface area (Å²) in [5, 5.41) is 17.0. The smallest absolute Gasteiger partial charge is 0.321 e. The standard InChI is InChI=1S/C20H25N5O4S2/c26-16(23-18(28)21-11-14-7-3-1-4-8-14)12-29-17(27)13-30-20-25-24-19(31-20)22-15-9-5-2-6-10-15/h1,3-4,7-8,15H,2,5-6,9-13H2,(H,22,24)(H2,21,23,26,28). The predicted octanol–water partition coefficient (Wildman–Crippen LogP) is 2.94. The fourth-order valence-corrected chi connectivity index (χ4v) is 4.67. The van der Waals surface area contributed by atoms with E-state index in [1.807, 2.05) is 30.3 Å².